The maximum Gasteiger partial charge on any atom is 0.416 e. The molecule has 1 amide bonds. The number of carbonyl (C=O) groups is 1. The lowest BCUT2D eigenvalue weighted by atomic mass is 10.0. The van der Waals surface area contributed by atoms with Gasteiger partial charge in [-0.15, -0.1) is 0 Å². The molecule has 0 radical (unpaired) electrons. The topological polar surface area (TPSA) is 111 Å². The standard InChI is InChI=1S/C27H31F3N4O4S/c28-27(29,30)23-9-6-19(7-10-23)16-24(18-35)32-26(36)25(33-39(37,38)34-13-11-31-12-14-34)17-20-5-8-21-3-1-2-4-22(21)15-20/h1-10,15,24-25,31,33,35H,11-14,16-18H2,(H,32,36)/t24?,25-/m1/s1. The summed E-state index contributed by atoms with van der Waals surface area (Å²) in [5.74, 6) is -0.646. The van der Waals surface area contributed by atoms with Crippen LogP contribution in [-0.4, -0.2) is 68.6 Å². The predicted molar refractivity (Wildman–Crippen MR) is 142 cm³/mol. The largest absolute Gasteiger partial charge is 0.416 e. The molecule has 1 fully saturated rings. The number of halogens is 3. The first kappa shape index (κ1) is 29.0. The molecule has 8 nitrogen and oxygen atoms in total. The molecule has 12 heteroatoms. The molecule has 4 rings (SSSR count). The lowest BCUT2D eigenvalue weighted by Crippen LogP contribution is -2.57. The van der Waals surface area contributed by atoms with Gasteiger partial charge in [0.25, 0.3) is 10.2 Å². The van der Waals surface area contributed by atoms with E-state index in [-0.39, 0.29) is 25.9 Å². The van der Waals surface area contributed by atoms with E-state index in [9.17, 15) is 31.5 Å². The van der Waals surface area contributed by atoms with E-state index in [0.29, 0.717) is 18.7 Å². The summed E-state index contributed by atoms with van der Waals surface area (Å²) in [5, 5.41) is 17.6. The highest BCUT2D eigenvalue weighted by Gasteiger charge is 2.32. The Labute approximate surface area is 225 Å². The Kier molecular flexibility index (Phi) is 9.23. The third-order valence-corrected chi connectivity index (χ3v) is 8.23. The van der Waals surface area contributed by atoms with Crippen LogP contribution in [0.5, 0.6) is 0 Å². The van der Waals surface area contributed by atoms with Crippen molar-refractivity contribution in [1.29, 1.82) is 0 Å². The highest BCUT2D eigenvalue weighted by atomic mass is 32.2. The monoisotopic (exact) mass is 564 g/mol. The molecule has 3 aromatic carbocycles. The van der Waals surface area contributed by atoms with Crippen molar-refractivity contribution in [3.05, 3.63) is 83.4 Å². The maximum atomic E-state index is 13.4. The van der Waals surface area contributed by atoms with E-state index in [1.54, 1.807) is 0 Å². The van der Waals surface area contributed by atoms with E-state index in [1.807, 2.05) is 42.5 Å². The van der Waals surface area contributed by atoms with Gasteiger partial charge >= 0.3 is 6.18 Å². The van der Waals surface area contributed by atoms with Gasteiger partial charge in [0.2, 0.25) is 5.91 Å². The SMILES string of the molecule is O=C(NC(CO)Cc1ccc(C(F)(F)F)cc1)[C@@H](Cc1ccc2ccccc2c1)NS(=O)(=O)N1CCNCC1. The van der Waals surface area contributed by atoms with Crippen molar-refractivity contribution in [3.63, 3.8) is 0 Å². The van der Waals surface area contributed by atoms with Crippen LogP contribution in [0, 0.1) is 0 Å². The summed E-state index contributed by atoms with van der Waals surface area (Å²) in [7, 11) is -4.00. The fourth-order valence-corrected chi connectivity index (χ4v) is 5.87. The van der Waals surface area contributed by atoms with Gasteiger partial charge in [-0.2, -0.15) is 30.6 Å². The number of amides is 1. The number of aliphatic hydroxyl groups excluding tert-OH is 1. The van der Waals surface area contributed by atoms with Crippen molar-refractivity contribution < 1.29 is 31.5 Å². The second kappa shape index (κ2) is 12.4. The molecule has 39 heavy (non-hydrogen) atoms. The molecule has 0 bridgehead atoms. The number of aliphatic hydroxyl groups is 1. The van der Waals surface area contributed by atoms with Crippen molar-refractivity contribution in [2.45, 2.75) is 31.1 Å². The zero-order valence-corrected chi connectivity index (χ0v) is 21.9. The molecule has 0 aliphatic carbocycles. The molecule has 1 saturated heterocycles. The lowest BCUT2D eigenvalue weighted by Gasteiger charge is -2.29. The second-order valence-corrected chi connectivity index (χ2v) is 11.2. The molecule has 1 aliphatic heterocycles. The van der Waals surface area contributed by atoms with E-state index >= 15 is 0 Å². The van der Waals surface area contributed by atoms with Gasteiger partial charge in [0.05, 0.1) is 18.2 Å². The summed E-state index contributed by atoms with van der Waals surface area (Å²) < 4.78 is 68.7. The number of hydrogen-bond acceptors (Lipinski definition) is 5. The zero-order chi connectivity index (χ0) is 28.0. The Bertz CT molecular complexity index is 1380. The van der Waals surface area contributed by atoms with Crippen LogP contribution in [0.3, 0.4) is 0 Å². The molecule has 2 atom stereocenters. The minimum atomic E-state index is -4.47. The Morgan fingerprint density at radius 1 is 0.949 bits per heavy atom. The minimum absolute atomic E-state index is 0.0560. The fraction of sp³-hybridized carbons (Fsp3) is 0.370. The number of carbonyl (C=O) groups excluding carboxylic acids is 1. The molecule has 3 aromatic rings. The molecule has 0 spiro atoms. The van der Waals surface area contributed by atoms with Gasteiger partial charge in [0, 0.05) is 26.2 Å². The van der Waals surface area contributed by atoms with E-state index in [4.69, 9.17) is 0 Å². The lowest BCUT2D eigenvalue weighted by molar-refractivity contribution is -0.137. The summed E-state index contributed by atoms with van der Waals surface area (Å²) in [6.07, 6.45) is -4.35. The van der Waals surface area contributed by atoms with Crippen LogP contribution >= 0.6 is 0 Å². The normalized spacial score (nSPS) is 16.6. The Balaban J connectivity index is 1.52. The van der Waals surface area contributed by atoms with E-state index < -0.39 is 46.5 Å². The first-order valence-corrected chi connectivity index (χ1v) is 14.0. The van der Waals surface area contributed by atoms with Gasteiger partial charge in [-0.1, -0.05) is 54.6 Å². The molecule has 1 heterocycles. The van der Waals surface area contributed by atoms with Crippen LogP contribution < -0.4 is 15.4 Å². The Morgan fingerprint density at radius 3 is 2.23 bits per heavy atom. The number of piperazine rings is 1. The molecular weight excluding hydrogens is 533 g/mol. The minimum Gasteiger partial charge on any atom is -0.394 e. The molecule has 1 unspecified atom stereocenters. The van der Waals surface area contributed by atoms with Crippen molar-refractivity contribution >= 4 is 26.9 Å². The first-order valence-electron chi connectivity index (χ1n) is 12.6. The summed E-state index contributed by atoms with van der Waals surface area (Å²) in [6, 6.07) is 15.7. The Hall–Kier alpha value is -3.03. The molecular formula is C27H31F3N4O4S. The number of benzene rings is 3. The van der Waals surface area contributed by atoms with Crippen molar-refractivity contribution in [2.24, 2.45) is 0 Å². The predicted octanol–water partition coefficient (Wildman–Crippen LogP) is 2.23. The number of nitrogens with zero attached hydrogens (tertiary/aromatic N) is 1. The Morgan fingerprint density at radius 2 is 1.59 bits per heavy atom. The van der Waals surface area contributed by atoms with Crippen LogP contribution in [0.1, 0.15) is 16.7 Å². The summed E-state index contributed by atoms with van der Waals surface area (Å²) >= 11 is 0. The van der Waals surface area contributed by atoms with Crippen molar-refractivity contribution in [3.8, 4) is 0 Å². The highest BCUT2D eigenvalue weighted by molar-refractivity contribution is 7.87. The average Bonchev–Trinajstić information content (AvgIpc) is 2.92. The molecule has 0 aromatic heterocycles. The van der Waals surface area contributed by atoms with Crippen LogP contribution in [0.2, 0.25) is 0 Å². The number of rotatable bonds is 10. The zero-order valence-electron chi connectivity index (χ0n) is 21.1. The van der Waals surface area contributed by atoms with Crippen LogP contribution in [0.4, 0.5) is 13.2 Å². The molecule has 1 aliphatic rings. The van der Waals surface area contributed by atoms with Gasteiger partial charge in [0.15, 0.2) is 0 Å². The average molecular weight is 565 g/mol. The fourth-order valence-electron chi connectivity index (χ4n) is 4.51. The summed E-state index contributed by atoms with van der Waals surface area (Å²) in [5.41, 5.74) is 0.420. The molecule has 0 saturated carbocycles. The van der Waals surface area contributed by atoms with Crippen LogP contribution in [-0.2, 0) is 34.0 Å². The summed E-state index contributed by atoms with van der Waals surface area (Å²) in [4.78, 5) is 13.4. The number of fused-ring (bicyclic) bond motifs is 1. The van der Waals surface area contributed by atoms with Crippen molar-refractivity contribution in [2.75, 3.05) is 32.8 Å². The van der Waals surface area contributed by atoms with Gasteiger partial charge < -0.3 is 15.7 Å². The van der Waals surface area contributed by atoms with Crippen molar-refractivity contribution in [1.82, 2.24) is 19.7 Å². The number of nitrogens with one attached hydrogen (secondary N) is 3. The smallest absolute Gasteiger partial charge is 0.394 e. The molecule has 4 N–H and O–H groups in total. The van der Waals surface area contributed by atoms with Gasteiger partial charge in [-0.25, -0.2) is 0 Å². The highest BCUT2D eigenvalue weighted by Crippen LogP contribution is 2.29. The number of hydrogen-bond donors (Lipinski definition) is 4. The third kappa shape index (κ3) is 7.76. The van der Waals surface area contributed by atoms with E-state index in [0.717, 1.165) is 28.5 Å². The number of alkyl halides is 3. The third-order valence-electron chi connectivity index (χ3n) is 6.61. The quantitative estimate of drug-likeness (QED) is 0.302. The van der Waals surface area contributed by atoms with Gasteiger partial charge in [-0.05, 0) is 46.9 Å². The van der Waals surface area contributed by atoms with Gasteiger partial charge in [-0.3, -0.25) is 4.79 Å². The van der Waals surface area contributed by atoms with E-state index in [2.05, 4.69) is 15.4 Å². The maximum absolute atomic E-state index is 13.4. The molecule has 210 valence electrons. The van der Waals surface area contributed by atoms with Crippen LogP contribution in [0.15, 0.2) is 66.7 Å². The first-order chi connectivity index (χ1) is 18.5. The van der Waals surface area contributed by atoms with Gasteiger partial charge in [0.1, 0.15) is 6.04 Å². The second-order valence-electron chi connectivity index (χ2n) is 9.50. The summed E-state index contributed by atoms with van der Waals surface area (Å²) in [6.45, 7) is 1.00. The van der Waals surface area contributed by atoms with Crippen LogP contribution in [0.25, 0.3) is 10.8 Å². The van der Waals surface area contributed by atoms with E-state index in [1.165, 1.54) is 16.4 Å².